The second kappa shape index (κ2) is 11.3. The van der Waals surface area contributed by atoms with Crippen molar-refractivity contribution in [1.82, 2.24) is 15.1 Å². The van der Waals surface area contributed by atoms with Gasteiger partial charge in [0.25, 0.3) is 0 Å². The molecule has 0 saturated carbocycles. The van der Waals surface area contributed by atoms with E-state index in [1.807, 2.05) is 38.1 Å². The molecule has 0 spiro atoms. The first-order valence-electron chi connectivity index (χ1n) is 12.2. The average Bonchev–Trinajstić information content (AvgIpc) is 3.24. The molecule has 0 unspecified atom stereocenters. The fourth-order valence-corrected chi connectivity index (χ4v) is 5.00. The summed E-state index contributed by atoms with van der Waals surface area (Å²) < 4.78 is 11.6. The Morgan fingerprint density at radius 2 is 1.97 bits per heavy atom. The van der Waals surface area contributed by atoms with Crippen molar-refractivity contribution >= 4 is 11.8 Å². The third kappa shape index (κ3) is 5.59. The quantitative estimate of drug-likeness (QED) is 0.458. The van der Waals surface area contributed by atoms with Crippen LogP contribution in [0.5, 0.6) is 5.75 Å². The molecule has 3 N–H and O–H groups in total. The summed E-state index contributed by atoms with van der Waals surface area (Å²) in [7, 11) is 0. The monoisotopic (exact) mass is 485 g/mol. The van der Waals surface area contributed by atoms with Crippen LogP contribution < -0.4 is 10.1 Å². The van der Waals surface area contributed by atoms with Crippen molar-refractivity contribution in [2.24, 2.45) is 0 Å². The van der Waals surface area contributed by atoms with Gasteiger partial charge in [-0.05, 0) is 26.0 Å². The van der Waals surface area contributed by atoms with E-state index in [-0.39, 0.29) is 25.0 Å². The first-order chi connectivity index (χ1) is 16.9. The van der Waals surface area contributed by atoms with Crippen LogP contribution in [0.15, 0.2) is 47.6 Å². The van der Waals surface area contributed by atoms with Crippen molar-refractivity contribution < 1.29 is 29.3 Å². The molecule has 0 bridgehead atoms. The van der Waals surface area contributed by atoms with Crippen LogP contribution >= 0.6 is 0 Å². The number of nitrogens with zero attached hydrogens (tertiary/aromatic N) is 2. The summed E-state index contributed by atoms with van der Waals surface area (Å²) in [5.74, 6) is -0.397. The Hall–Kier alpha value is -2.72. The van der Waals surface area contributed by atoms with Gasteiger partial charge in [0.1, 0.15) is 18.0 Å². The van der Waals surface area contributed by atoms with Crippen LogP contribution in [0.3, 0.4) is 0 Å². The molecule has 190 valence electrons. The number of carbonyl (C=O) groups is 2. The topological polar surface area (TPSA) is 112 Å². The fraction of sp³-hybridized carbons (Fsp3) is 0.538. The van der Waals surface area contributed by atoms with E-state index >= 15 is 0 Å². The van der Waals surface area contributed by atoms with Crippen molar-refractivity contribution in [3.63, 3.8) is 0 Å². The number of carbonyl (C=O) groups excluding carboxylic acids is 2. The molecule has 9 nitrogen and oxygen atoms in total. The van der Waals surface area contributed by atoms with E-state index in [1.165, 1.54) is 0 Å². The minimum absolute atomic E-state index is 0.112. The second-order valence-electron chi connectivity index (χ2n) is 9.39. The van der Waals surface area contributed by atoms with Gasteiger partial charge in [-0.3, -0.25) is 14.5 Å². The van der Waals surface area contributed by atoms with Crippen LogP contribution in [0.25, 0.3) is 0 Å². The number of fused-ring (bicyclic) bond motifs is 3. The van der Waals surface area contributed by atoms with Crippen LogP contribution in [0.4, 0.5) is 0 Å². The van der Waals surface area contributed by atoms with Crippen LogP contribution in [0, 0.1) is 0 Å². The molecule has 1 saturated heterocycles. The zero-order valence-electron chi connectivity index (χ0n) is 20.4. The number of hydrogen-bond donors (Lipinski definition) is 3. The molecule has 1 fully saturated rings. The zero-order chi connectivity index (χ0) is 24.9. The van der Waals surface area contributed by atoms with Gasteiger partial charge in [0.15, 0.2) is 0 Å². The first-order valence-corrected chi connectivity index (χ1v) is 12.2. The van der Waals surface area contributed by atoms with E-state index in [2.05, 4.69) is 10.2 Å². The molecule has 2 heterocycles. The fourth-order valence-electron chi connectivity index (χ4n) is 5.00. The van der Waals surface area contributed by atoms with E-state index < -0.39 is 24.2 Å². The number of allylic oxidation sites excluding steroid dienone is 1. The standard InChI is InChI=1S/C26H35N3O6/c1-17(2)15-22(31)29(9-8-28-10-13-34-14-11-28)20-16-19(26(33)27-7-12-30)23-18-5-3-4-6-21(18)35-25(23)24(20)32/h3-6,15-16,20,23-25,30,32H,7-14H2,1-2H3,(H,27,33)/t20-,23+,24+,25+/m1/s1. The summed E-state index contributed by atoms with van der Waals surface area (Å²) in [6, 6.07) is 6.69. The summed E-state index contributed by atoms with van der Waals surface area (Å²) in [6.07, 6.45) is 1.53. The molecular weight excluding hydrogens is 450 g/mol. The number of ether oxygens (including phenoxy) is 2. The molecule has 1 aromatic carbocycles. The van der Waals surface area contributed by atoms with Gasteiger partial charge in [-0.15, -0.1) is 0 Å². The van der Waals surface area contributed by atoms with Crippen molar-refractivity contribution in [3.8, 4) is 5.75 Å². The van der Waals surface area contributed by atoms with Crippen molar-refractivity contribution in [1.29, 1.82) is 0 Å². The molecule has 2 amide bonds. The van der Waals surface area contributed by atoms with Crippen LogP contribution in [0.2, 0.25) is 0 Å². The number of morpholine rings is 1. The highest BCUT2D eigenvalue weighted by Gasteiger charge is 2.50. The largest absolute Gasteiger partial charge is 0.486 e. The molecule has 3 aliphatic rings. The third-order valence-electron chi connectivity index (χ3n) is 6.69. The van der Waals surface area contributed by atoms with Gasteiger partial charge in [0, 0.05) is 49.9 Å². The number of amides is 2. The van der Waals surface area contributed by atoms with E-state index in [1.54, 1.807) is 17.1 Å². The van der Waals surface area contributed by atoms with Crippen molar-refractivity contribution in [3.05, 3.63) is 53.1 Å². The van der Waals surface area contributed by atoms with Crippen LogP contribution in [-0.2, 0) is 14.3 Å². The molecule has 2 aliphatic heterocycles. The first kappa shape index (κ1) is 25.4. The molecule has 1 aliphatic carbocycles. The van der Waals surface area contributed by atoms with Gasteiger partial charge in [0.2, 0.25) is 11.8 Å². The summed E-state index contributed by atoms with van der Waals surface area (Å²) >= 11 is 0. The Balaban J connectivity index is 1.68. The van der Waals surface area contributed by atoms with Crippen LogP contribution in [0.1, 0.15) is 25.3 Å². The highest BCUT2D eigenvalue weighted by atomic mass is 16.5. The van der Waals surface area contributed by atoms with Gasteiger partial charge in [0.05, 0.1) is 31.8 Å². The number of benzene rings is 1. The lowest BCUT2D eigenvalue weighted by atomic mass is 9.77. The van der Waals surface area contributed by atoms with Crippen LogP contribution in [-0.4, -0.2) is 103 Å². The SMILES string of the molecule is CC(C)=CC(=O)N(CCN1CCOCC1)[C@@H]1C=C(C(=O)NCCO)[C@@H]2c3ccccc3O[C@@H]2[C@H]1O. The van der Waals surface area contributed by atoms with E-state index in [0.29, 0.717) is 37.6 Å². The number of para-hydroxylation sites is 1. The molecule has 4 atom stereocenters. The lowest BCUT2D eigenvalue weighted by Crippen LogP contribution is -2.57. The van der Waals surface area contributed by atoms with E-state index in [0.717, 1.165) is 24.2 Å². The van der Waals surface area contributed by atoms with Crippen molar-refractivity contribution in [2.45, 2.75) is 38.0 Å². The predicted octanol–water partition coefficient (Wildman–Crippen LogP) is 0.436. The Kier molecular flexibility index (Phi) is 8.22. The van der Waals surface area contributed by atoms with Gasteiger partial charge in [-0.25, -0.2) is 0 Å². The number of hydrogen-bond acceptors (Lipinski definition) is 7. The summed E-state index contributed by atoms with van der Waals surface area (Å²) in [6.45, 7) is 7.52. The second-order valence-corrected chi connectivity index (χ2v) is 9.39. The maximum atomic E-state index is 13.3. The summed E-state index contributed by atoms with van der Waals surface area (Å²) in [4.78, 5) is 30.4. The maximum absolute atomic E-state index is 13.3. The minimum Gasteiger partial charge on any atom is -0.486 e. The number of aliphatic hydroxyl groups is 2. The van der Waals surface area contributed by atoms with Gasteiger partial charge >= 0.3 is 0 Å². The Morgan fingerprint density at radius 3 is 2.69 bits per heavy atom. The number of rotatable bonds is 8. The van der Waals surface area contributed by atoms with Gasteiger partial charge < -0.3 is 29.9 Å². The Morgan fingerprint density at radius 1 is 1.23 bits per heavy atom. The van der Waals surface area contributed by atoms with Crippen molar-refractivity contribution in [2.75, 3.05) is 52.5 Å². The van der Waals surface area contributed by atoms with Gasteiger partial charge in [-0.2, -0.15) is 0 Å². The zero-order valence-corrected chi connectivity index (χ0v) is 20.4. The third-order valence-corrected chi connectivity index (χ3v) is 6.69. The molecule has 35 heavy (non-hydrogen) atoms. The number of nitrogens with one attached hydrogen (secondary N) is 1. The van der Waals surface area contributed by atoms with E-state index in [4.69, 9.17) is 9.47 Å². The highest BCUT2D eigenvalue weighted by Crippen LogP contribution is 2.47. The Labute approximate surface area is 206 Å². The average molecular weight is 486 g/mol. The molecule has 4 rings (SSSR count). The Bertz CT molecular complexity index is 983. The smallest absolute Gasteiger partial charge is 0.247 e. The summed E-state index contributed by atoms with van der Waals surface area (Å²) in [5, 5.41) is 23.4. The molecule has 1 aromatic rings. The predicted molar refractivity (Wildman–Crippen MR) is 130 cm³/mol. The molecule has 9 heteroatoms. The highest BCUT2D eigenvalue weighted by molar-refractivity contribution is 5.96. The molecule has 0 aromatic heterocycles. The maximum Gasteiger partial charge on any atom is 0.247 e. The number of aliphatic hydroxyl groups excluding tert-OH is 2. The van der Waals surface area contributed by atoms with E-state index in [9.17, 15) is 19.8 Å². The minimum atomic E-state index is -1.03. The lowest BCUT2D eigenvalue weighted by molar-refractivity contribution is -0.132. The molecular formula is C26H35N3O6. The van der Waals surface area contributed by atoms with Gasteiger partial charge in [-0.1, -0.05) is 23.8 Å². The lowest BCUT2D eigenvalue weighted by Gasteiger charge is -2.41. The molecule has 0 radical (unpaired) electrons. The normalized spacial score (nSPS) is 25.5. The summed E-state index contributed by atoms with van der Waals surface area (Å²) in [5.41, 5.74) is 2.12.